The standard InChI is InChI=1S/C12H14N2O3S/c1-3-9-6-10(11(18-9)12(15)16)17-7-8-4-5-14(2)13-8/h4-6H,3,7H2,1-2H3,(H,15,16). The maximum absolute atomic E-state index is 11.1. The first kappa shape index (κ1) is 12.6. The molecule has 0 amide bonds. The molecule has 0 fully saturated rings. The molecule has 96 valence electrons. The van der Waals surface area contributed by atoms with E-state index in [0.29, 0.717) is 5.75 Å². The summed E-state index contributed by atoms with van der Waals surface area (Å²) in [5.41, 5.74) is 0.776. The van der Waals surface area contributed by atoms with Gasteiger partial charge in [0.25, 0.3) is 0 Å². The Hall–Kier alpha value is -1.82. The molecule has 18 heavy (non-hydrogen) atoms. The summed E-state index contributed by atoms with van der Waals surface area (Å²) in [6.07, 6.45) is 2.62. The van der Waals surface area contributed by atoms with Gasteiger partial charge >= 0.3 is 5.97 Å². The topological polar surface area (TPSA) is 64.4 Å². The molecule has 0 bridgehead atoms. The van der Waals surface area contributed by atoms with Gasteiger partial charge in [-0.1, -0.05) is 6.92 Å². The Morgan fingerprint density at radius 2 is 2.39 bits per heavy atom. The molecule has 0 aromatic carbocycles. The number of nitrogens with zero attached hydrogens (tertiary/aromatic N) is 2. The van der Waals surface area contributed by atoms with Crippen LogP contribution in [0.25, 0.3) is 0 Å². The van der Waals surface area contributed by atoms with Gasteiger partial charge in [-0.2, -0.15) is 5.10 Å². The predicted molar refractivity (Wildman–Crippen MR) is 68.2 cm³/mol. The van der Waals surface area contributed by atoms with Gasteiger partial charge in [0.05, 0.1) is 5.69 Å². The molecule has 1 N–H and O–H groups in total. The molecule has 0 saturated heterocycles. The minimum atomic E-state index is -0.948. The molecule has 0 aliphatic heterocycles. The van der Waals surface area contributed by atoms with Gasteiger partial charge in [0, 0.05) is 18.1 Å². The van der Waals surface area contributed by atoms with Crippen molar-refractivity contribution in [2.75, 3.05) is 0 Å². The van der Waals surface area contributed by atoms with E-state index in [0.717, 1.165) is 17.0 Å². The second kappa shape index (κ2) is 5.22. The van der Waals surface area contributed by atoms with Crippen LogP contribution >= 0.6 is 11.3 Å². The van der Waals surface area contributed by atoms with Crippen molar-refractivity contribution in [2.45, 2.75) is 20.0 Å². The first-order valence-corrected chi connectivity index (χ1v) is 6.39. The van der Waals surface area contributed by atoms with Gasteiger partial charge < -0.3 is 9.84 Å². The smallest absolute Gasteiger partial charge is 0.349 e. The molecule has 0 spiro atoms. The van der Waals surface area contributed by atoms with Gasteiger partial charge in [-0.05, 0) is 18.6 Å². The van der Waals surface area contributed by atoms with Crippen LogP contribution in [0.3, 0.4) is 0 Å². The van der Waals surface area contributed by atoms with E-state index >= 15 is 0 Å². The van der Waals surface area contributed by atoms with Crippen molar-refractivity contribution in [1.29, 1.82) is 0 Å². The number of carboxylic acids is 1. The van der Waals surface area contributed by atoms with Crippen LogP contribution in [0.2, 0.25) is 0 Å². The molecule has 2 aromatic rings. The monoisotopic (exact) mass is 266 g/mol. The molecule has 0 unspecified atom stereocenters. The predicted octanol–water partition coefficient (Wildman–Crippen LogP) is 2.32. The average Bonchev–Trinajstić information content (AvgIpc) is 2.92. The van der Waals surface area contributed by atoms with Crippen LogP contribution in [0.5, 0.6) is 5.75 Å². The highest BCUT2D eigenvalue weighted by molar-refractivity contribution is 7.14. The van der Waals surface area contributed by atoms with Gasteiger partial charge in [-0.15, -0.1) is 11.3 Å². The van der Waals surface area contributed by atoms with Crippen molar-refractivity contribution in [3.8, 4) is 5.75 Å². The molecule has 2 heterocycles. The van der Waals surface area contributed by atoms with E-state index in [4.69, 9.17) is 9.84 Å². The van der Waals surface area contributed by atoms with E-state index in [1.807, 2.05) is 26.2 Å². The maximum atomic E-state index is 11.1. The average molecular weight is 266 g/mol. The molecule has 0 saturated carbocycles. The SMILES string of the molecule is CCc1cc(OCc2ccn(C)n2)c(C(=O)O)s1. The molecule has 2 rings (SSSR count). The van der Waals surface area contributed by atoms with Gasteiger partial charge in [0.1, 0.15) is 12.4 Å². The highest BCUT2D eigenvalue weighted by Crippen LogP contribution is 2.30. The van der Waals surface area contributed by atoms with Crippen LogP contribution in [0.15, 0.2) is 18.3 Å². The van der Waals surface area contributed by atoms with Crippen molar-refractivity contribution in [3.63, 3.8) is 0 Å². The van der Waals surface area contributed by atoms with Gasteiger partial charge in [0.2, 0.25) is 0 Å². The molecule has 0 radical (unpaired) electrons. The number of thiophene rings is 1. The van der Waals surface area contributed by atoms with E-state index in [1.165, 1.54) is 11.3 Å². The van der Waals surface area contributed by atoms with E-state index in [2.05, 4.69) is 5.10 Å². The Labute approximate surface area is 109 Å². The maximum Gasteiger partial charge on any atom is 0.349 e. The first-order chi connectivity index (χ1) is 8.60. The fraction of sp³-hybridized carbons (Fsp3) is 0.333. The third-order valence-corrected chi connectivity index (χ3v) is 3.68. The van der Waals surface area contributed by atoms with Crippen LogP contribution < -0.4 is 4.74 Å². The number of hydrogen-bond donors (Lipinski definition) is 1. The lowest BCUT2D eigenvalue weighted by Crippen LogP contribution is -2.01. The second-order valence-electron chi connectivity index (χ2n) is 3.83. The molecule has 0 aliphatic rings. The Morgan fingerprint density at radius 3 is 2.94 bits per heavy atom. The van der Waals surface area contributed by atoms with E-state index in [9.17, 15) is 4.79 Å². The summed E-state index contributed by atoms with van der Waals surface area (Å²) in [4.78, 5) is 12.3. The lowest BCUT2D eigenvalue weighted by Gasteiger charge is -2.02. The summed E-state index contributed by atoms with van der Waals surface area (Å²) in [5.74, 6) is -0.522. The lowest BCUT2D eigenvalue weighted by atomic mass is 10.3. The highest BCUT2D eigenvalue weighted by Gasteiger charge is 2.16. The number of hydrogen-bond acceptors (Lipinski definition) is 4. The van der Waals surface area contributed by atoms with E-state index < -0.39 is 5.97 Å². The summed E-state index contributed by atoms with van der Waals surface area (Å²) < 4.78 is 7.22. The zero-order valence-corrected chi connectivity index (χ0v) is 11.0. The van der Waals surface area contributed by atoms with Crippen molar-refractivity contribution >= 4 is 17.3 Å². The minimum Gasteiger partial charge on any atom is -0.485 e. The Balaban J connectivity index is 2.12. The number of aromatic nitrogens is 2. The van der Waals surface area contributed by atoms with E-state index in [1.54, 1.807) is 10.7 Å². The number of aromatic carboxylic acids is 1. The largest absolute Gasteiger partial charge is 0.485 e. The summed E-state index contributed by atoms with van der Waals surface area (Å²) in [6, 6.07) is 3.63. The molecule has 2 aromatic heterocycles. The third kappa shape index (κ3) is 2.70. The number of carboxylic acid groups (broad SMARTS) is 1. The minimum absolute atomic E-state index is 0.253. The summed E-state index contributed by atoms with van der Waals surface area (Å²) in [7, 11) is 1.83. The lowest BCUT2D eigenvalue weighted by molar-refractivity contribution is 0.0697. The van der Waals surface area contributed by atoms with Crippen LogP contribution in [0, 0.1) is 0 Å². The fourth-order valence-electron chi connectivity index (χ4n) is 1.54. The highest BCUT2D eigenvalue weighted by atomic mass is 32.1. The van der Waals surface area contributed by atoms with Gasteiger partial charge in [-0.25, -0.2) is 4.79 Å². The zero-order valence-electron chi connectivity index (χ0n) is 10.2. The Kier molecular flexibility index (Phi) is 3.66. The summed E-state index contributed by atoms with van der Waals surface area (Å²) in [6.45, 7) is 2.26. The Bertz CT molecular complexity index is 559. The number of aryl methyl sites for hydroxylation is 2. The van der Waals surface area contributed by atoms with Crippen LogP contribution in [0.4, 0.5) is 0 Å². The van der Waals surface area contributed by atoms with Gasteiger partial charge in [0.15, 0.2) is 4.88 Å². The van der Waals surface area contributed by atoms with Crippen LogP contribution in [0.1, 0.15) is 27.2 Å². The second-order valence-corrected chi connectivity index (χ2v) is 4.97. The van der Waals surface area contributed by atoms with Crippen LogP contribution in [-0.2, 0) is 20.1 Å². The Morgan fingerprint density at radius 1 is 1.61 bits per heavy atom. The first-order valence-electron chi connectivity index (χ1n) is 5.57. The van der Waals surface area contributed by atoms with Gasteiger partial charge in [-0.3, -0.25) is 4.68 Å². The van der Waals surface area contributed by atoms with Crippen molar-refractivity contribution < 1.29 is 14.6 Å². The number of carbonyl (C=O) groups is 1. The van der Waals surface area contributed by atoms with Crippen molar-refractivity contribution in [2.24, 2.45) is 7.05 Å². The van der Waals surface area contributed by atoms with Crippen molar-refractivity contribution in [1.82, 2.24) is 9.78 Å². The third-order valence-electron chi connectivity index (χ3n) is 2.44. The molecule has 5 nitrogen and oxygen atoms in total. The zero-order chi connectivity index (χ0) is 13.1. The summed E-state index contributed by atoms with van der Waals surface area (Å²) in [5, 5.41) is 13.3. The fourth-order valence-corrected chi connectivity index (χ4v) is 2.42. The molecule has 0 atom stereocenters. The molecule has 6 heteroatoms. The van der Waals surface area contributed by atoms with Crippen molar-refractivity contribution in [3.05, 3.63) is 33.8 Å². The summed E-state index contributed by atoms with van der Waals surface area (Å²) >= 11 is 1.26. The molecular formula is C12H14N2O3S. The molecular weight excluding hydrogens is 252 g/mol. The number of rotatable bonds is 5. The molecule has 0 aliphatic carbocycles. The quantitative estimate of drug-likeness (QED) is 0.902. The van der Waals surface area contributed by atoms with E-state index in [-0.39, 0.29) is 11.5 Å². The number of ether oxygens (including phenoxy) is 1. The normalized spacial score (nSPS) is 10.6. The van der Waals surface area contributed by atoms with Crippen LogP contribution in [-0.4, -0.2) is 20.9 Å².